The number of hydrogen-bond donors (Lipinski definition) is 1. The van der Waals surface area contributed by atoms with Gasteiger partial charge in [0.2, 0.25) is 10.0 Å². The zero-order valence-electron chi connectivity index (χ0n) is 13.7. The number of nitrogens with one attached hydrogen (secondary N) is 1. The molecule has 23 heavy (non-hydrogen) atoms. The van der Waals surface area contributed by atoms with E-state index in [1.807, 2.05) is 38.1 Å². The van der Waals surface area contributed by atoms with Crippen LogP contribution in [0.3, 0.4) is 0 Å². The molecule has 1 unspecified atom stereocenters. The van der Waals surface area contributed by atoms with Crippen LogP contribution < -0.4 is 9.46 Å². The SMILES string of the molecule is CCOc1ccc(S(=O)(=O)NC(C)c2ccc(CC)cc2)cc1. The van der Waals surface area contributed by atoms with Crippen molar-refractivity contribution >= 4 is 10.0 Å². The summed E-state index contributed by atoms with van der Waals surface area (Å²) in [5.41, 5.74) is 2.17. The lowest BCUT2D eigenvalue weighted by Gasteiger charge is -2.15. The Kier molecular flexibility index (Phi) is 5.80. The van der Waals surface area contributed by atoms with Crippen LogP contribution in [-0.2, 0) is 16.4 Å². The first-order chi connectivity index (χ1) is 11.0. The molecule has 0 aliphatic carbocycles. The Morgan fingerprint density at radius 3 is 2.13 bits per heavy atom. The van der Waals surface area contributed by atoms with Gasteiger partial charge in [-0.05, 0) is 55.7 Å². The first kappa shape index (κ1) is 17.5. The third-order valence-electron chi connectivity index (χ3n) is 3.66. The minimum absolute atomic E-state index is 0.234. The summed E-state index contributed by atoms with van der Waals surface area (Å²) in [6.45, 7) is 6.37. The zero-order chi connectivity index (χ0) is 16.9. The molecule has 2 rings (SSSR count). The van der Waals surface area contributed by atoms with Crippen LogP contribution in [0, 0.1) is 0 Å². The normalized spacial score (nSPS) is 12.8. The summed E-state index contributed by atoms with van der Waals surface area (Å²) in [5, 5.41) is 0. The third-order valence-corrected chi connectivity index (χ3v) is 5.22. The summed E-state index contributed by atoms with van der Waals surface area (Å²) in [4.78, 5) is 0.234. The smallest absolute Gasteiger partial charge is 0.241 e. The molecule has 0 aliphatic rings. The predicted molar refractivity (Wildman–Crippen MR) is 92.2 cm³/mol. The highest BCUT2D eigenvalue weighted by Crippen LogP contribution is 2.20. The quantitative estimate of drug-likeness (QED) is 0.841. The Labute approximate surface area is 138 Å². The van der Waals surface area contributed by atoms with Gasteiger partial charge >= 0.3 is 0 Å². The molecule has 1 N–H and O–H groups in total. The molecule has 0 radical (unpaired) electrons. The van der Waals surface area contributed by atoms with E-state index >= 15 is 0 Å². The van der Waals surface area contributed by atoms with Crippen molar-refractivity contribution in [1.29, 1.82) is 0 Å². The summed E-state index contributed by atoms with van der Waals surface area (Å²) in [7, 11) is -3.56. The second-order valence-corrected chi connectivity index (χ2v) is 7.06. The average molecular weight is 333 g/mol. The molecule has 0 aliphatic heterocycles. The maximum Gasteiger partial charge on any atom is 0.241 e. The summed E-state index contributed by atoms with van der Waals surface area (Å²) in [6, 6.07) is 14.1. The van der Waals surface area contributed by atoms with Gasteiger partial charge in [0.25, 0.3) is 0 Å². The van der Waals surface area contributed by atoms with Crippen molar-refractivity contribution in [2.75, 3.05) is 6.61 Å². The van der Waals surface area contributed by atoms with Crippen LogP contribution in [-0.4, -0.2) is 15.0 Å². The molecule has 2 aromatic rings. The van der Waals surface area contributed by atoms with Crippen LogP contribution in [0.25, 0.3) is 0 Å². The van der Waals surface area contributed by atoms with Crippen molar-refractivity contribution in [1.82, 2.24) is 4.72 Å². The number of aryl methyl sites for hydroxylation is 1. The molecule has 124 valence electrons. The standard InChI is InChI=1S/C18H23NO3S/c1-4-15-6-8-16(9-7-15)14(3)19-23(20,21)18-12-10-17(11-13-18)22-5-2/h6-14,19H,4-5H2,1-3H3. The Hall–Kier alpha value is -1.85. The Morgan fingerprint density at radius 2 is 1.61 bits per heavy atom. The first-order valence-electron chi connectivity index (χ1n) is 7.80. The van der Waals surface area contributed by atoms with Gasteiger partial charge in [0.15, 0.2) is 0 Å². The number of sulfonamides is 1. The number of benzene rings is 2. The van der Waals surface area contributed by atoms with Crippen molar-refractivity contribution in [3.05, 3.63) is 59.7 Å². The van der Waals surface area contributed by atoms with E-state index in [0.717, 1.165) is 12.0 Å². The van der Waals surface area contributed by atoms with Gasteiger partial charge in [-0.15, -0.1) is 0 Å². The molecule has 0 saturated heterocycles. The topological polar surface area (TPSA) is 55.4 Å². The molecule has 0 amide bonds. The van der Waals surface area contributed by atoms with E-state index in [1.165, 1.54) is 5.56 Å². The lowest BCUT2D eigenvalue weighted by molar-refractivity contribution is 0.340. The molecule has 0 spiro atoms. The first-order valence-corrected chi connectivity index (χ1v) is 9.28. The molecular formula is C18H23NO3S. The highest BCUT2D eigenvalue weighted by Gasteiger charge is 2.18. The molecule has 0 saturated carbocycles. The molecule has 0 bridgehead atoms. The van der Waals surface area contributed by atoms with Crippen LogP contribution in [0.15, 0.2) is 53.4 Å². The summed E-state index contributed by atoms with van der Waals surface area (Å²) < 4.78 is 33.0. The minimum atomic E-state index is -3.56. The highest BCUT2D eigenvalue weighted by molar-refractivity contribution is 7.89. The molecule has 4 nitrogen and oxygen atoms in total. The average Bonchev–Trinajstić information content (AvgIpc) is 2.55. The van der Waals surface area contributed by atoms with E-state index in [9.17, 15) is 8.42 Å². The van der Waals surface area contributed by atoms with Gasteiger partial charge in [-0.25, -0.2) is 13.1 Å². The fourth-order valence-corrected chi connectivity index (χ4v) is 3.52. The lowest BCUT2D eigenvalue weighted by Crippen LogP contribution is -2.26. The number of rotatable bonds is 7. The highest BCUT2D eigenvalue weighted by atomic mass is 32.2. The predicted octanol–water partition coefficient (Wildman–Crippen LogP) is 3.69. The van der Waals surface area contributed by atoms with Gasteiger partial charge in [0.05, 0.1) is 11.5 Å². The summed E-state index contributed by atoms with van der Waals surface area (Å²) >= 11 is 0. The minimum Gasteiger partial charge on any atom is -0.494 e. The Morgan fingerprint density at radius 1 is 1.00 bits per heavy atom. The third kappa shape index (κ3) is 4.56. The molecule has 5 heteroatoms. The fraction of sp³-hybridized carbons (Fsp3) is 0.333. The van der Waals surface area contributed by atoms with E-state index in [0.29, 0.717) is 12.4 Å². The Bertz CT molecular complexity index is 722. The fourth-order valence-electron chi connectivity index (χ4n) is 2.29. The van der Waals surface area contributed by atoms with E-state index in [2.05, 4.69) is 11.6 Å². The largest absolute Gasteiger partial charge is 0.494 e. The van der Waals surface area contributed by atoms with Gasteiger partial charge in [-0.2, -0.15) is 0 Å². The molecule has 1 atom stereocenters. The molecule has 2 aromatic carbocycles. The van der Waals surface area contributed by atoms with Crippen LogP contribution >= 0.6 is 0 Å². The molecule has 0 fully saturated rings. The molecular weight excluding hydrogens is 310 g/mol. The number of hydrogen-bond acceptors (Lipinski definition) is 3. The van der Waals surface area contributed by atoms with Crippen molar-refractivity contribution < 1.29 is 13.2 Å². The van der Waals surface area contributed by atoms with Gasteiger partial charge in [-0.1, -0.05) is 31.2 Å². The van der Waals surface area contributed by atoms with Gasteiger partial charge in [-0.3, -0.25) is 0 Å². The molecule has 0 aromatic heterocycles. The van der Waals surface area contributed by atoms with E-state index in [4.69, 9.17) is 4.74 Å². The second-order valence-electron chi connectivity index (χ2n) is 5.34. The van der Waals surface area contributed by atoms with Crippen LogP contribution in [0.4, 0.5) is 0 Å². The lowest BCUT2D eigenvalue weighted by atomic mass is 10.1. The summed E-state index contributed by atoms with van der Waals surface area (Å²) in [5.74, 6) is 0.662. The van der Waals surface area contributed by atoms with Crippen molar-refractivity contribution in [3.8, 4) is 5.75 Å². The van der Waals surface area contributed by atoms with Gasteiger partial charge in [0.1, 0.15) is 5.75 Å². The van der Waals surface area contributed by atoms with E-state index in [1.54, 1.807) is 24.3 Å². The second kappa shape index (κ2) is 7.62. The van der Waals surface area contributed by atoms with E-state index in [-0.39, 0.29) is 10.9 Å². The van der Waals surface area contributed by atoms with E-state index < -0.39 is 10.0 Å². The van der Waals surface area contributed by atoms with Gasteiger partial charge in [0, 0.05) is 6.04 Å². The van der Waals surface area contributed by atoms with Crippen LogP contribution in [0.5, 0.6) is 5.75 Å². The van der Waals surface area contributed by atoms with Gasteiger partial charge < -0.3 is 4.74 Å². The molecule has 0 heterocycles. The summed E-state index contributed by atoms with van der Waals surface area (Å²) in [6.07, 6.45) is 0.965. The maximum atomic E-state index is 12.5. The number of ether oxygens (including phenoxy) is 1. The zero-order valence-corrected chi connectivity index (χ0v) is 14.6. The Balaban J connectivity index is 2.12. The maximum absolute atomic E-state index is 12.5. The van der Waals surface area contributed by atoms with Crippen molar-refractivity contribution in [2.45, 2.75) is 38.1 Å². The van der Waals surface area contributed by atoms with Crippen molar-refractivity contribution in [3.63, 3.8) is 0 Å². The van der Waals surface area contributed by atoms with Crippen LogP contribution in [0.1, 0.15) is 37.9 Å². The van der Waals surface area contributed by atoms with Crippen molar-refractivity contribution in [2.24, 2.45) is 0 Å². The van der Waals surface area contributed by atoms with Crippen LogP contribution in [0.2, 0.25) is 0 Å². The monoisotopic (exact) mass is 333 g/mol.